The number of aryl methyl sites for hydroxylation is 1. The molecule has 0 aliphatic rings. The molecule has 0 amide bonds. The van der Waals surface area contributed by atoms with Crippen molar-refractivity contribution in [2.75, 3.05) is 0 Å². The van der Waals surface area contributed by atoms with E-state index in [-0.39, 0.29) is 0 Å². The molecule has 3 heteroatoms. The third-order valence-electron chi connectivity index (χ3n) is 2.63. The third-order valence-corrected chi connectivity index (χ3v) is 2.63. The Bertz CT molecular complexity index is 626. The second kappa shape index (κ2) is 3.45. The zero-order chi connectivity index (χ0) is 11.0. The number of aromatic nitrogens is 3. The van der Waals surface area contributed by atoms with Crippen LogP contribution in [0.5, 0.6) is 0 Å². The molecule has 0 atom stereocenters. The maximum Gasteiger partial charge on any atom is 0.163 e. The van der Waals surface area contributed by atoms with Crippen molar-refractivity contribution in [3.05, 3.63) is 54.4 Å². The normalized spacial score (nSPS) is 10.8. The molecule has 2 aromatic heterocycles. The Morgan fingerprint density at radius 3 is 2.62 bits per heavy atom. The highest BCUT2D eigenvalue weighted by Crippen LogP contribution is 2.18. The Morgan fingerprint density at radius 2 is 1.81 bits per heavy atom. The van der Waals surface area contributed by atoms with Crippen LogP contribution in [0.15, 0.2) is 48.7 Å². The molecular weight excluding hydrogens is 198 g/mol. The molecule has 3 rings (SSSR count). The minimum atomic E-state index is 0.909. The van der Waals surface area contributed by atoms with Crippen molar-refractivity contribution in [3.63, 3.8) is 0 Å². The van der Waals surface area contributed by atoms with Gasteiger partial charge in [-0.1, -0.05) is 18.2 Å². The van der Waals surface area contributed by atoms with Crippen LogP contribution in [0, 0.1) is 6.92 Å². The lowest BCUT2D eigenvalue weighted by molar-refractivity contribution is 0.878. The van der Waals surface area contributed by atoms with Gasteiger partial charge in [0.2, 0.25) is 0 Å². The lowest BCUT2D eigenvalue weighted by Crippen LogP contribution is -1.96. The van der Waals surface area contributed by atoms with E-state index in [4.69, 9.17) is 0 Å². The van der Waals surface area contributed by atoms with E-state index in [2.05, 4.69) is 10.1 Å². The molecule has 0 aliphatic heterocycles. The molecule has 3 nitrogen and oxygen atoms in total. The van der Waals surface area contributed by atoms with Gasteiger partial charge in [-0.3, -0.25) is 0 Å². The molecule has 78 valence electrons. The van der Waals surface area contributed by atoms with Crippen molar-refractivity contribution < 1.29 is 0 Å². The van der Waals surface area contributed by atoms with Gasteiger partial charge in [0.15, 0.2) is 5.65 Å². The van der Waals surface area contributed by atoms with Crippen molar-refractivity contribution in [3.8, 4) is 5.69 Å². The second-order valence-electron chi connectivity index (χ2n) is 3.71. The summed E-state index contributed by atoms with van der Waals surface area (Å²) in [6.07, 6.45) is 1.79. The predicted octanol–water partition coefficient (Wildman–Crippen LogP) is 2.73. The lowest BCUT2D eigenvalue weighted by Gasteiger charge is -2.00. The fraction of sp³-hybridized carbons (Fsp3) is 0.0769. The van der Waals surface area contributed by atoms with Crippen LogP contribution in [0.3, 0.4) is 0 Å². The van der Waals surface area contributed by atoms with E-state index in [1.807, 2.05) is 54.1 Å². The third kappa shape index (κ3) is 1.29. The number of hydrogen-bond acceptors (Lipinski definition) is 2. The molecule has 2 heterocycles. The first-order valence-corrected chi connectivity index (χ1v) is 5.22. The van der Waals surface area contributed by atoms with Gasteiger partial charge in [0, 0.05) is 11.6 Å². The van der Waals surface area contributed by atoms with Gasteiger partial charge in [-0.05, 0) is 31.2 Å². The van der Waals surface area contributed by atoms with E-state index in [0.29, 0.717) is 0 Å². The molecule has 0 bridgehead atoms. The number of para-hydroxylation sites is 1. The van der Waals surface area contributed by atoms with Crippen LogP contribution < -0.4 is 0 Å². The Labute approximate surface area is 93.4 Å². The molecular formula is C13H11N3. The van der Waals surface area contributed by atoms with E-state index in [1.165, 1.54) is 0 Å². The smallest absolute Gasteiger partial charge is 0.163 e. The predicted molar refractivity (Wildman–Crippen MR) is 63.6 cm³/mol. The minimum Gasteiger partial charge on any atom is -0.237 e. The summed E-state index contributed by atoms with van der Waals surface area (Å²) < 4.78 is 1.88. The molecule has 3 aromatic rings. The first-order chi connectivity index (χ1) is 7.86. The van der Waals surface area contributed by atoms with Crippen molar-refractivity contribution >= 4 is 11.0 Å². The van der Waals surface area contributed by atoms with Gasteiger partial charge in [-0.15, -0.1) is 0 Å². The molecule has 0 unspecified atom stereocenters. The van der Waals surface area contributed by atoms with Crippen LogP contribution in [0.25, 0.3) is 16.7 Å². The molecule has 0 N–H and O–H groups in total. The van der Waals surface area contributed by atoms with Gasteiger partial charge in [0.1, 0.15) is 0 Å². The fourth-order valence-corrected chi connectivity index (χ4v) is 1.85. The molecule has 0 aliphatic carbocycles. The average Bonchev–Trinajstić information content (AvgIpc) is 2.69. The Hall–Kier alpha value is -2.16. The quantitative estimate of drug-likeness (QED) is 0.617. The molecule has 0 fully saturated rings. The molecule has 0 saturated carbocycles. The standard InChI is InChI=1S/C13H11N3/c1-10-12-8-5-9-14-13(12)16(15-10)11-6-3-2-4-7-11/h2-9H,1H3. The first kappa shape index (κ1) is 9.09. The van der Waals surface area contributed by atoms with Crippen molar-refractivity contribution in [1.29, 1.82) is 0 Å². The Morgan fingerprint density at radius 1 is 1.00 bits per heavy atom. The summed E-state index contributed by atoms with van der Waals surface area (Å²) in [6.45, 7) is 2.00. The maximum atomic E-state index is 4.51. The van der Waals surface area contributed by atoms with Gasteiger partial charge < -0.3 is 0 Å². The number of nitrogens with zero attached hydrogens (tertiary/aromatic N) is 3. The van der Waals surface area contributed by atoms with Gasteiger partial charge in [0.05, 0.1) is 11.4 Å². The van der Waals surface area contributed by atoms with Gasteiger partial charge >= 0.3 is 0 Å². The highest BCUT2D eigenvalue weighted by Gasteiger charge is 2.08. The van der Waals surface area contributed by atoms with Gasteiger partial charge in [-0.25, -0.2) is 9.67 Å². The topological polar surface area (TPSA) is 30.7 Å². The fourth-order valence-electron chi connectivity index (χ4n) is 1.85. The summed E-state index contributed by atoms with van der Waals surface area (Å²) >= 11 is 0. The maximum absolute atomic E-state index is 4.51. The van der Waals surface area contributed by atoms with Crippen LogP contribution in [0.4, 0.5) is 0 Å². The zero-order valence-corrected chi connectivity index (χ0v) is 8.96. The summed E-state index contributed by atoms with van der Waals surface area (Å²) in [7, 11) is 0. The minimum absolute atomic E-state index is 0.909. The van der Waals surface area contributed by atoms with Crippen LogP contribution in [0.1, 0.15) is 5.69 Å². The Kier molecular flexibility index (Phi) is 1.96. The van der Waals surface area contributed by atoms with Crippen LogP contribution in [0.2, 0.25) is 0 Å². The summed E-state index contributed by atoms with van der Waals surface area (Å²) in [5, 5.41) is 5.62. The van der Waals surface area contributed by atoms with Gasteiger partial charge in [-0.2, -0.15) is 5.10 Å². The zero-order valence-electron chi connectivity index (χ0n) is 8.96. The SMILES string of the molecule is Cc1nn(-c2ccccc2)c2ncccc12. The first-order valence-electron chi connectivity index (χ1n) is 5.22. The Balaban J connectivity index is 2.33. The van der Waals surface area contributed by atoms with Gasteiger partial charge in [0.25, 0.3) is 0 Å². The number of rotatable bonds is 1. The summed E-state index contributed by atoms with van der Waals surface area (Å²) in [4.78, 5) is 4.38. The summed E-state index contributed by atoms with van der Waals surface area (Å²) in [5.41, 5.74) is 2.96. The molecule has 16 heavy (non-hydrogen) atoms. The number of hydrogen-bond donors (Lipinski definition) is 0. The highest BCUT2D eigenvalue weighted by molar-refractivity contribution is 5.79. The van der Waals surface area contributed by atoms with Crippen LogP contribution in [-0.2, 0) is 0 Å². The average molecular weight is 209 g/mol. The highest BCUT2D eigenvalue weighted by atomic mass is 15.3. The summed E-state index contributed by atoms with van der Waals surface area (Å²) in [5.74, 6) is 0. The van der Waals surface area contributed by atoms with E-state index in [1.54, 1.807) is 6.20 Å². The number of pyridine rings is 1. The monoisotopic (exact) mass is 209 g/mol. The van der Waals surface area contributed by atoms with E-state index >= 15 is 0 Å². The van der Waals surface area contributed by atoms with Crippen molar-refractivity contribution in [1.82, 2.24) is 14.8 Å². The molecule has 0 radical (unpaired) electrons. The van der Waals surface area contributed by atoms with Crippen LogP contribution in [-0.4, -0.2) is 14.8 Å². The lowest BCUT2D eigenvalue weighted by atomic mass is 10.3. The number of fused-ring (bicyclic) bond motifs is 1. The van der Waals surface area contributed by atoms with E-state index in [9.17, 15) is 0 Å². The van der Waals surface area contributed by atoms with E-state index < -0.39 is 0 Å². The molecule has 1 aromatic carbocycles. The number of benzene rings is 1. The van der Waals surface area contributed by atoms with Crippen LogP contribution >= 0.6 is 0 Å². The summed E-state index contributed by atoms with van der Waals surface area (Å²) in [6, 6.07) is 14.0. The largest absolute Gasteiger partial charge is 0.237 e. The van der Waals surface area contributed by atoms with Crippen molar-refractivity contribution in [2.45, 2.75) is 6.92 Å². The molecule has 0 saturated heterocycles. The second-order valence-corrected chi connectivity index (χ2v) is 3.71. The van der Waals surface area contributed by atoms with Crippen molar-refractivity contribution in [2.24, 2.45) is 0 Å². The van der Waals surface area contributed by atoms with E-state index in [0.717, 1.165) is 22.4 Å². The molecule has 0 spiro atoms.